The number of carbonyl (C=O) groups is 1. The Hall–Kier alpha value is -1.62. The molecule has 5 heteroatoms. The minimum Gasteiger partial charge on any atom is -0.378 e. The topological polar surface area (TPSA) is 71.2 Å². The number of H-pyrrole nitrogens is 1. The van der Waals surface area contributed by atoms with Crippen LogP contribution >= 0.6 is 0 Å². The third-order valence-corrected chi connectivity index (χ3v) is 3.38. The summed E-state index contributed by atoms with van der Waals surface area (Å²) in [6.45, 7) is 6.54. The second kappa shape index (κ2) is 5.57. The van der Waals surface area contributed by atoms with Gasteiger partial charge in [-0.1, -0.05) is 0 Å². The molecule has 0 unspecified atom stereocenters. The fourth-order valence-corrected chi connectivity index (χ4v) is 2.25. The van der Waals surface area contributed by atoms with Crippen molar-refractivity contribution < 1.29 is 9.53 Å². The van der Waals surface area contributed by atoms with Crippen LogP contribution in [0.5, 0.6) is 0 Å². The molecule has 1 aromatic rings. The molecule has 1 aromatic heterocycles. The standard InChI is InChI=1S/C14H20N2O3/c1-4-19-12-6-10(12)13(17)15-7-11-8(2)5-9(3)16-14(11)18/h5,10,12H,4,6-7H2,1-3H3,(H,15,17)(H,16,18)/t10-,12+/m0/s1. The van der Waals surface area contributed by atoms with Crippen molar-refractivity contribution >= 4 is 5.91 Å². The van der Waals surface area contributed by atoms with Gasteiger partial charge in [0.15, 0.2) is 0 Å². The minimum atomic E-state index is -0.130. The van der Waals surface area contributed by atoms with E-state index in [1.807, 2.05) is 26.8 Å². The van der Waals surface area contributed by atoms with Gasteiger partial charge >= 0.3 is 0 Å². The molecule has 1 aliphatic carbocycles. The molecule has 104 valence electrons. The molecule has 5 nitrogen and oxygen atoms in total. The molecule has 0 bridgehead atoms. The van der Waals surface area contributed by atoms with Crippen molar-refractivity contribution in [2.75, 3.05) is 6.61 Å². The lowest BCUT2D eigenvalue weighted by atomic mass is 10.1. The van der Waals surface area contributed by atoms with E-state index < -0.39 is 0 Å². The lowest BCUT2D eigenvalue weighted by Crippen LogP contribution is -2.29. The Balaban J connectivity index is 1.93. The second-order valence-electron chi connectivity index (χ2n) is 5.00. The quantitative estimate of drug-likeness (QED) is 0.834. The Kier molecular flexibility index (Phi) is 4.04. The van der Waals surface area contributed by atoms with Crippen LogP contribution in [0, 0.1) is 19.8 Å². The number of amides is 1. The normalized spacial score (nSPS) is 21.2. The van der Waals surface area contributed by atoms with Crippen molar-refractivity contribution in [3.63, 3.8) is 0 Å². The highest BCUT2D eigenvalue weighted by Gasteiger charge is 2.43. The fraction of sp³-hybridized carbons (Fsp3) is 0.571. The van der Waals surface area contributed by atoms with Crippen LogP contribution in [-0.2, 0) is 16.1 Å². The van der Waals surface area contributed by atoms with E-state index in [9.17, 15) is 9.59 Å². The minimum absolute atomic E-state index is 0.0298. The van der Waals surface area contributed by atoms with Gasteiger partial charge < -0.3 is 15.0 Å². The first-order valence-corrected chi connectivity index (χ1v) is 6.61. The summed E-state index contributed by atoms with van der Waals surface area (Å²) in [5.41, 5.74) is 2.22. The summed E-state index contributed by atoms with van der Waals surface area (Å²) in [6, 6.07) is 1.91. The first-order chi connectivity index (χ1) is 9.02. The molecule has 1 amide bonds. The molecular formula is C14H20N2O3. The highest BCUT2D eigenvalue weighted by atomic mass is 16.5. The Morgan fingerprint density at radius 3 is 2.89 bits per heavy atom. The zero-order valence-electron chi connectivity index (χ0n) is 11.6. The molecule has 0 aromatic carbocycles. The van der Waals surface area contributed by atoms with Gasteiger partial charge in [-0.05, 0) is 38.8 Å². The van der Waals surface area contributed by atoms with E-state index in [0.29, 0.717) is 12.2 Å². The van der Waals surface area contributed by atoms with Crippen molar-refractivity contribution in [2.45, 2.75) is 39.8 Å². The Morgan fingerprint density at radius 1 is 1.53 bits per heavy atom. The van der Waals surface area contributed by atoms with Crippen molar-refractivity contribution in [3.05, 3.63) is 33.2 Å². The fourth-order valence-electron chi connectivity index (χ4n) is 2.25. The van der Waals surface area contributed by atoms with Gasteiger partial charge in [0, 0.05) is 24.4 Å². The average molecular weight is 264 g/mol. The molecule has 2 rings (SSSR count). The lowest BCUT2D eigenvalue weighted by Gasteiger charge is -2.08. The summed E-state index contributed by atoms with van der Waals surface area (Å²) >= 11 is 0. The van der Waals surface area contributed by atoms with Crippen LogP contribution in [-0.4, -0.2) is 23.6 Å². The Bertz CT molecular complexity index is 536. The lowest BCUT2D eigenvalue weighted by molar-refractivity contribution is -0.123. The van der Waals surface area contributed by atoms with Crippen LogP contribution in [0.3, 0.4) is 0 Å². The number of aryl methyl sites for hydroxylation is 2. The van der Waals surface area contributed by atoms with E-state index in [1.165, 1.54) is 0 Å². The summed E-state index contributed by atoms with van der Waals surface area (Å²) in [7, 11) is 0. The molecule has 1 heterocycles. The Labute approximate surface area is 112 Å². The van der Waals surface area contributed by atoms with Crippen LogP contribution < -0.4 is 10.9 Å². The summed E-state index contributed by atoms with van der Waals surface area (Å²) in [4.78, 5) is 26.4. The first-order valence-electron chi connectivity index (χ1n) is 6.61. The third kappa shape index (κ3) is 3.23. The van der Waals surface area contributed by atoms with Gasteiger partial charge in [0.25, 0.3) is 5.56 Å². The maximum absolute atomic E-state index is 11.9. The number of hydrogen-bond donors (Lipinski definition) is 2. The van der Waals surface area contributed by atoms with Gasteiger partial charge in [0.05, 0.1) is 12.0 Å². The number of rotatable bonds is 5. The summed E-state index contributed by atoms with van der Waals surface area (Å²) in [6.07, 6.45) is 0.838. The van der Waals surface area contributed by atoms with E-state index in [-0.39, 0.29) is 30.0 Å². The highest BCUT2D eigenvalue weighted by molar-refractivity contribution is 5.82. The van der Waals surface area contributed by atoms with Crippen molar-refractivity contribution in [1.82, 2.24) is 10.3 Å². The average Bonchev–Trinajstić information content (AvgIpc) is 3.07. The number of pyridine rings is 1. The van der Waals surface area contributed by atoms with Crippen LogP contribution in [0.15, 0.2) is 10.9 Å². The Morgan fingerprint density at radius 2 is 2.26 bits per heavy atom. The number of aromatic nitrogens is 1. The largest absolute Gasteiger partial charge is 0.378 e. The summed E-state index contributed by atoms with van der Waals surface area (Å²) in [5.74, 6) is -0.0809. The van der Waals surface area contributed by atoms with Crippen molar-refractivity contribution in [2.24, 2.45) is 5.92 Å². The zero-order chi connectivity index (χ0) is 14.0. The zero-order valence-corrected chi connectivity index (χ0v) is 11.6. The monoisotopic (exact) mass is 264 g/mol. The van der Waals surface area contributed by atoms with Gasteiger partial charge in [-0.3, -0.25) is 9.59 Å². The van der Waals surface area contributed by atoms with Crippen molar-refractivity contribution in [3.8, 4) is 0 Å². The van der Waals surface area contributed by atoms with E-state index in [0.717, 1.165) is 17.7 Å². The predicted octanol–water partition coefficient (Wildman–Crippen LogP) is 1.03. The van der Waals surface area contributed by atoms with E-state index in [4.69, 9.17) is 4.74 Å². The summed E-state index contributed by atoms with van der Waals surface area (Å²) < 4.78 is 5.37. The third-order valence-electron chi connectivity index (χ3n) is 3.38. The van der Waals surface area contributed by atoms with Gasteiger partial charge in [-0.15, -0.1) is 0 Å². The molecule has 0 aliphatic heterocycles. The van der Waals surface area contributed by atoms with Gasteiger partial charge in [0.2, 0.25) is 5.91 Å². The van der Waals surface area contributed by atoms with Crippen LogP contribution in [0.4, 0.5) is 0 Å². The highest BCUT2D eigenvalue weighted by Crippen LogP contribution is 2.33. The second-order valence-corrected chi connectivity index (χ2v) is 5.00. The molecule has 0 saturated heterocycles. The molecule has 1 fully saturated rings. The SMILES string of the molecule is CCO[C@@H]1C[C@@H]1C(=O)NCc1c(C)cc(C)[nH]c1=O. The molecule has 2 N–H and O–H groups in total. The number of carbonyl (C=O) groups excluding carboxylic acids is 1. The first kappa shape index (κ1) is 13.8. The van der Waals surface area contributed by atoms with E-state index in [2.05, 4.69) is 10.3 Å². The molecule has 19 heavy (non-hydrogen) atoms. The van der Waals surface area contributed by atoms with Gasteiger partial charge in [-0.25, -0.2) is 0 Å². The smallest absolute Gasteiger partial charge is 0.253 e. The van der Waals surface area contributed by atoms with E-state index >= 15 is 0 Å². The molecule has 0 radical (unpaired) electrons. The summed E-state index contributed by atoms with van der Waals surface area (Å²) in [5, 5.41) is 2.81. The van der Waals surface area contributed by atoms with E-state index in [1.54, 1.807) is 0 Å². The van der Waals surface area contributed by atoms with Gasteiger partial charge in [0.1, 0.15) is 0 Å². The number of nitrogens with one attached hydrogen (secondary N) is 2. The number of aromatic amines is 1. The van der Waals surface area contributed by atoms with Crippen LogP contribution in [0.2, 0.25) is 0 Å². The van der Waals surface area contributed by atoms with Crippen LogP contribution in [0.25, 0.3) is 0 Å². The molecule has 1 saturated carbocycles. The maximum Gasteiger partial charge on any atom is 0.253 e. The maximum atomic E-state index is 11.9. The molecule has 0 spiro atoms. The van der Waals surface area contributed by atoms with Crippen molar-refractivity contribution in [1.29, 1.82) is 0 Å². The molecule has 1 aliphatic rings. The number of ether oxygens (including phenoxy) is 1. The number of hydrogen-bond acceptors (Lipinski definition) is 3. The van der Waals surface area contributed by atoms with Gasteiger partial charge in [-0.2, -0.15) is 0 Å². The van der Waals surface area contributed by atoms with Crippen LogP contribution in [0.1, 0.15) is 30.2 Å². The molecule has 2 atom stereocenters. The predicted molar refractivity (Wildman–Crippen MR) is 71.9 cm³/mol. The molecular weight excluding hydrogens is 244 g/mol.